The predicted molar refractivity (Wildman–Crippen MR) is 165 cm³/mol. The molecule has 0 radical (unpaired) electrons. The van der Waals surface area contributed by atoms with E-state index >= 15 is 4.79 Å². The van der Waals surface area contributed by atoms with Crippen molar-refractivity contribution in [3.8, 4) is 11.5 Å². The number of rotatable bonds is 4. The van der Waals surface area contributed by atoms with Gasteiger partial charge in [0, 0.05) is 23.0 Å². The number of Topliss-reactive ketones (excluding diaryl/α,β-unsaturated/α-hetero) is 1. The van der Waals surface area contributed by atoms with Crippen molar-refractivity contribution < 1.29 is 38.6 Å². The fraction of sp³-hybridized carbons (Fsp3) is 0.270. The number of hydrogen-bond donors (Lipinski definition) is 1. The molecular weight excluding hydrogens is 586 g/mol. The zero-order valence-corrected chi connectivity index (χ0v) is 25.2. The first-order valence-electron chi connectivity index (χ1n) is 15.2. The Balaban J connectivity index is 1.53. The van der Waals surface area contributed by atoms with Crippen molar-refractivity contribution in [2.24, 2.45) is 23.7 Å². The van der Waals surface area contributed by atoms with Crippen LogP contribution in [-0.2, 0) is 29.3 Å². The topological polar surface area (TPSA) is 127 Å². The number of amides is 3. The summed E-state index contributed by atoms with van der Waals surface area (Å²) in [6, 6.07) is 22.8. The Morgan fingerprint density at radius 2 is 1.57 bits per heavy atom. The lowest BCUT2D eigenvalue weighted by Crippen LogP contribution is -2.59. The number of carbonyl (C=O) groups is 5. The number of nitrogens with zero attached hydrogens (tertiary/aromatic N) is 1. The smallest absolute Gasteiger partial charge is 0.423 e. The molecule has 3 amide bonds. The second-order valence-electron chi connectivity index (χ2n) is 12.2. The van der Waals surface area contributed by atoms with Crippen molar-refractivity contribution in [1.82, 2.24) is 4.90 Å². The van der Waals surface area contributed by atoms with E-state index in [0.717, 1.165) is 7.11 Å². The van der Waals surface area contributed by atoms with E-state index in [0.29, 0.717) is 32.9 Å². The Labute approximate surface area is 265 Å². The molecular formula is C37H31NO8. The van der Waals surface area contributed by atoms with Crippen molar-refractivity contribution >= 4 is 35.0 Å². The molecule has 232 valence electrons. The quantitative estimate of drug-likeness (QED) is 0.321. The van der Waals surface area contributed by atoms with Crippen LogP contribution < -0.4 is 4.74 Å². The molecule has 1 aliphatic heterocycles. The molecule has 46 heavy (non-hydrogen) atoms. The number of aromatic hydroxyl groups is 1. The van der Waals surface area contributed by atoms with E-state index < -0.39 is 52.9 Å². The lowest BCUT2D eigenvalue weighted by molar-refractivity contribution is -0.138. The molecule has 6 unspecified atom stereocenters. The number of imide groups is 3. The first kappa shape index (κ1) is 29.4. The number of methoxy groups -OCH3 is 2. The van der Waals surface area contributed by atoms with Gasteiger partial charge in [0.15, 0.2) is 11.6 Å². The highest BCUT2D eigenvalue weighted by Crippen LogP contribution is 2.65. The Bertz CT molecular complexity index is 1860. The second kappa shape index (κ2) is 10.9. The molecule has 9 heteroatoms. The van der Waals surface area contributed by atoms with Gasteiger partial charge in [0.05, 0.1) is 31.5 Å². The van der Waals surface area contributed by atoms with Crippen molar-refractivity contribution in [2.75, 3.05) is 14.2 Å². The van der Waals surface area contributed by atoms with E-state index in [2.05, 4.69) is 0 Å². The van der Waals surface area contributed by atoms with Crippen LogP contribution in [0.5, 0.6) is 11.5 Å². The van der Waals surface area contributed by atoms with E-state index in [9.17, 15) is 24.3 Å². The summed E-state index contributed by atoms with van der Waals surface area (Å²) in [6.45, 7) is 0. The monoisotopic (exact) mass is 617 g/mol. The maximum atomic E-state index is 15.0. The summed E-state index contributed by atoms with van der Waals surface area (Å²) in [4.78, 5) is 70.4. The van der Waals surface area contributed by atoms with Crippen molar-refractivity contribution in [1.29, 1.82) is 0 Å². The minimum Gasteiger partial charge on any atom is -0.508 e. The maximum absolute atomic E-state index is 15.0. The SMILES string of the molecule is COC(=O)N1C(=O)C2CC=C3C(CC4C(=O)C(c5ccccc5)=CC(=O)C4(c4ccccc4)C3c3c(O)cccc3OC)C2C1=O. The molecule has 3 aromatic rings. The molecule has 1 N–H and O–H groups in total. The van der Waals surface area contributed by atoms with Gasteiger partial charge in [0.2, 0.25) is 11.8 Å². The van der Waals surface area contributed by atoms with Crippen LogP contribution in [0.2, 0.25) is 0 Å². The highest BCUT2D eigenvalue weighted by molar-refractivity contribution is 6.31. The maximum Gasteiger partial charge on any atom is 0.423 e. The van der Waals surface area contributed by atoms with Gasteiger partial charge in [0.25, 0.3) is 0 Å². The van der Waals surface area contributed by atoms with Crippen molar-refractivity contribution in [3.05, 3.63) is 113 Å². The van der Waals surface area contributed by atoms with Crippen LogP contribution in [0, 0.1) is 23.7 Å². The van der Waals surface area contributed by atoms with Crippen molar-refractivity contribution in [2.45, 2.75) is 24.2 Å². The number of phenols is 1. The third-order valence-electron chi connectivity index (χ3n) is 10.3. The van der Waals surface area contributed by atoms with Crippen LogP contribution in [0.1, 0.15) is 35.4 Å². The zero-order valence-electron chi connectivity index (χ0n) is 25.2. The Morgan fingerprint density at radius 1 is 0.870 bits per heavy atom. The lowest BCUT2D eigenvalue weighted by atomic mass is 9.44. The van der Waals surface area contributed by atoms with Gasteiger partial charge in [-0.15, -0.1) is 0 Å². The normalized spacial score (nSPS) is 28.5. The van der Waals surface area contributed by atoms with Crippen LogP contribution in [0.3, 0.4) is 0 Å². The van der Waals surface area contributed by atoms with Gasteiger partial charge in [-0.05, 0) is 48.1 Å². The molecule has 0 aromatic heterocycles. The zero-order chi connectivity index (χ0) is 32.3. The summed E-state index contributed by atoms with van der Waals surface area (Å²) in [6.07, 6.45) is 2.40. The molecule has 4 aliphatic rings. The fourth-order valence-electron chi connectivity index (χ4n) is 8.46. The molecule has 7 rings (SSSR count). The van der Waals surface area contributed by atoms with E-state index in [1.165, 1.54) is 19.3 Å². The van der Waals surface area contributed by atoms with Gasteiger partial charge >= 0.3 is 6.09 Å². The van der Waals surface area contributed by atoms with E-state index in [-0.39, 0.29) is 35.7 Å². The average molecular weight is 618 g/mol. The summed E-state index contributed by atoms with van der Waals surface area (Å²) in [5, 5.41) is 11.5. The molecule has 3 aromatic carbocycles. The minimum absolute atomic E-state index is 0.0666. The molecule has 9 nitrogen and oxygen atoms in total. The van der Waals surface area contributed by atoms with Gasteiger partial charge in [-0.3, -0.25) is 19.2 Å². The van der Waals surface area contributed by atoms with Crippen molar-refractivity contribution in [3.63, 3.8) is 0 Å². The second-order valence-corrected chi connectivity index (χ2v) is 12.2. The summed E-state index contributed by atoms with van der Waals surface area (Å²) in [5.74, 6) is -6.21. The molecule has 1 heterocycles. The van der Waals surface area contributed by atoms with Gasteiger partial charge in [0.1, 0.15) is 11.5 Å². The number of likely N-dealkylation sites (tertiary alicyclic amines) is 1. The summed E-state index contributed by atoms with van der Waals surface area (Å²) < 4.78 is 10.6. The number of phenolic OH excluding ortho intramolecular Hbond substituents is 1. The van der Waals surface area contributed by atoms with Crippen LogP contribution in [0.25, 0.3) is 5.57 Å². The molecule has 1 saturated carbocycles. The van der Waals surface area contributed by atoms with Gasteiger partial charge in [-0.2, -0.15) is 4.90 Å². The van der Waals surface area contributed by atoms with Crippen LogP contribution >= 0.6 is 0 Å². The summed E-state index contributed by atoms with van der Waals surface area (Å²) in [7, 11) is 2.57. The van der Waals surface area contributed by atoms with Crippen LogP contribution in [-0.4, -0.2) is 53.7 Å². The molecule has 2 fully saturated rings. The number of carbonyl (C=O) groups excluding carboxylic acids is 5. The van der Waals surface area contributed by atoms with E-state index in [1.807, 2.05) is 30.3 Å². The first-order valence-corrected chi connectivity index (χ1v) is 15.2. The molecule has 1 saturated heterocycles. The summed E-state index contributed by atoms with van der Waals surface area (Å²) in [5.41, 5.74) is 0.870. The predicted octanol–water partition coefficient (Wildman–Crippen LogP) is 4.99. The first-order chi connectivity index (χ1) is 22.2. The van der Waals surface area contributed by atoms with Gasteiger partial charge < -0.3 is 14.6 Å². The fourth-order valence-corrected chi connectivity index (χ4v) is 8.46. The molecule has 0 bridgehead atoms. The summed E-state index contributed by atoms with van der Waals surface area (Å²) >= 11 is 0. The largest absolute Gasteiger partial charge is 0.508 e. The number of hydrogen-bond acceptors (Lipinski definition) is 8. The Kier molecular flexibility index (Phi) is 6.99. The number of allylic oxidation sites excluding steroid dienone is 4. The van der Waals surface area contributed by atoms with Crippen LogP contribution in [0.15, 0.2) is 96.6 Å². The van der Waals surface area contributed by atoms with E-state index in [4.69, 9.17) is 9.47 Å². The highest BCUT2D eigenvalue weighted by atomic mass is 16.5. The van der Waals surface area contributed by atoms with Gasteiger partial charge in [-0.25, -0.2) is 4.79 Å². The number of ether oxygens (including phenoxy) is 2. The third kappa shape index (κ3) is 3.97. The standard InChI is InChI=1S/C37H31NO8/c1-45-28-15-9-14-27(39)31(28)32-22-16-17-23-30(35(43)38(34(23)42)36(44)46-2)25(22)18-26-33(41)24(20-10-5-3-6-11-20)19-29(40)37(26,32)21-12-7-4-8-13-21/h3-16,19,23,25-26,30,32,39H,17-18H2,1-2H3. The molecule has 0 spiro atoms. The number of benzene rings is 3. The Hall–Kier alpha value is -5.31. The number of ketones is 2. The number of fused-ring (bicyclic) bond motifs is 4. The average Bonchev–Trinajstić information content (AvgIpc) is 3.34. The van der Waals surface area contributed by atoms with Gasteiger partial charge in [-0.1, -0.05) is 78.4 Å². The third-order valence-corrected chi connectivity index (χ3v) is 10.3. The van der Waals surface area contributed by atoms with Crippen LogP contribution in [0.4, 0.5) is 4.79 Å². The molecule has 6 atom stereocenters. The van der Waals surface area contributed by atoms with E-state index in [1.54, 1.807) is 48.5 Å². The molecule has 3 aliphatic carbocycles. The minimum atomic E-state index is -1.52. The highest BCUT2D eigenvalue weighted by Gasteiger charge is 2.67. The lowest BCUT2D eigenvalue weighted by Gasteiger charge is -2.55. The Morgan fingerprint density at radius 3 is 2.24 bits per heavy atom.